The smallest absolute Gasteiger partial charge is 0.109 e. The van der Waals surface area contributed by atoms with Crippen molar-refractivity contribution >= 4 is 11.3 Å². The molecule has 1 unspecified atom stereocenters. The maximum Gasteiger partial charge on any atom is 0.109 e. The molecule has 0 saturated heterocycles. The molecule has 0 fully saturated rings. The lowest BCUT2D eigenvalue weighted by Gasteiger charge is -2.17. The monoisotopic (exact) mass is 263 g/mol. The molecule has 0 aromatic carbocycles. The molecule has 0 aliphatic carbocycles. The van der Waals surface area contributed by atoms with Crippen molar-refractivity contribution in [2.24, 2.45) is 7.05 Å². The first-order valence-corrected chi connectivity index (χ1v) is 7.39. The van der Waals surface area contributed by atoms with Crippen LogP contribution >= 0.6 is 11.3 Å². The number of hydrogen-bond donors (Lipinski definition) is 1. The van der Waals surface area contributed by atoms with Gasteiger partial charge in [-0.05, 0) is 30.8 Å². The van der Waals surface area contributed by atoms with Crippen LogP contribution in [0, 0.1) is 0 Å². The van der Waals surface area contributed by atoms with E-state index in [0.29, 0.717) is 6.04 Å². The lowest BCUT2D eigenvalue weighted by Crippen LogP contribution is -2.34. The second-order valence-corrected chi connectivity index (χ2v) is 5.63. The zero-order valence-electron chi connectivity index (χ0n) is 11.1. The molecule has 4 heteroatoms. The molecule has 2 aromatic heterocycles. The average Bonchev–Trinajstić information content (AvgIpc) is 2.99. The predicted molar refractivity (Wildman–Crippen MR) is 77.0 cm³/mol. The van der Waals surface area contributed by atoms with E-state index in [0.717, 1.165) is 25.2 Å². The van der Waals surface area contributed by atoms with Crippen molar-refractivity contribution in [2.75, 3.05) is 6.54 Å². The van der Waals surface area contributed by atoms with Gasteiger partial charge in [0, 0.05) is 36.8 Å². The minimum Gasteiger partial charge on any atom is -0.338 e. The summed E-state index contributed by atoms with van der Waals surface area (Å²) in [6.45, 7) is 3.27. The van der Waals surface area contributed by atoms with Gasteiger partial charge in [0.05, 0.1) is 0 Å². The van der Waals surface area contributed by atoms with Crippen LogP contribution < -0.4 is 5.32 Å². The zero-order valence-corrected chi connectivity index (χ0v) is 11.9. The van der Waals surface area contributed by atoms with Crippen LogP contribution in [-0.2, 0) is 19.9 Å². The summed E-state index contributed by atoms with van der Waals surface area (Å²) in [4.78, 5) is 5.86. The lowest BCUT2D eigenvalue weighted by molar-refractivity contribution is 0.492. The Hall–Kier alpha value is -1.13. The van der Waals surface area contributed by atoms with Crippen molar-refractivity contribution in [2.45, 2.75) is 32.2 Å². The number of nitrogens with one attached hydrogen (secondary N) is 1. The minimum absolute atomic E-state index is 0.477. The Bertz CT molecular complexity index is 447. The highest BCUT2D eigenvalue weighted by Crippen LogP contribution is 2.13. The standard InChI is InChI=1S/C14H21N3S/c1-3-6-15-12(10-13-5-4-9-18-13)11-14-16-7-8-17(14)2/h4-5,7-9,12,15H,3,6,10-11H2,1-2H3. The number of aromatic nitrogens is 2. The van der Waals surface area contributed by atoms with Gasteiger partial charge in [-0.15, -0.1) is 11.3 Å². The quantitative estimate of drug-likeness (QED) is 0.832. The highest BCUT2D eigenvalue weighted by atomic mass is 32.1. The Morgan fingerprint density at radius 3 is 2.94 bits per heavy atom. The molecule has 2 aromatic rings. The summed E-state index contributed by atoms with van der Waals surface area (Å²) in [6.07, 6.45) is 7.13. The van der Waals surface area contributed by atoms with E-state index in [1.165, 1.54) is 11.3 Å². The van der Waals surface area contributed by atoms with Gasteiger partial charge in [0.2, 0.25) is 0 Å². The number of thiophene rings is 1. The van der Waals surface area contributed by atoms with E-state index in [1.807, 2.05) is 23.7 Å². The highest BCUT2D eigenvalue weighted by Gasteiger charge is 2.12. The van der Waals surface area contributed by atoms with Gasteiger partial charge >= 0.3 is 0 Å². The van der Waals surface area contributed by atoms with Crippen molar-refractivity contribution in [1.29, 1.82) is 0 Å². The van der Waals surface area contributed by atoms with E-state index in [4.69, 9.17) is 0 Å². The first-order chi connectivity index (χ1) is 8.79. The van der Waals surface area contributed by atoms with Crippen molar-refractivity contribution in [3.63, 3.8) is 0 Å². The van der Waals surface area contributed by atoms with Gasteiger partial charge in [-0.3, -0.25) is 0 Å². The van der Waals surface area contributed by atoms with Crippen LogP contribution in [0.1, 0.15) is 24.0 Å². The van der Waals surface area contributed by atoms with Crippen molar-refractivity contribution < 1.29 is 0 Å². The first kappa shape index (κ1) is 13.3. The molecule has 0 aliphatic rings. The normalized spacial score (nSPS) is 12.8. The van der Waals surface area contributed by atoms with Crippen LogP contribution in [0.25, 0.3) is 0 Å². The van der Waals surface area contributed by atoms with Crippen LogP contribution in [0.4, 0.5) is 0 Å². The molecule has 0 amide bonds. The summed E-state index contributed by atoms with van der Waals surface area (Å²) in [5.41, 5.74) is 0. The van der Waals surface area contributed by atoms with Crippen LogP contribution in [0.3, 0.4) is 0 Å². The summed E-state index contributed by atoms with van der Waals surface area (Å²) in [6, 6.07) is 4.81. The molecule has 0 bridgehead atoms. The number of nitrogens with zero attached hydrogens (tertiary/aromatic N) is 2. The van der Waals surface area contributed by atoms with E-state index in [9.17, 15) is 0 Å². The molecule has 3 nitrogen and oxygen atoms in total. The third kappa shape index (κ3) is 3.68. The topological polar surface area (TPSA) is 29.9 Å². The molecule has 0 aliphatic heterocycles. The molecule has 2 heterocycles. The third-order valence-electron chi connectivity index (χ3n) is 3.06. The molecule has 0 saturated carbocycles. The van der Waals surface area contributed by atoms with E-state index >= 15 is 0 Å². The molecule has 1 N–H and O–H groups in total. The third-order valence-corrected chi connectivity index (χ3v) is 3.96. The van der Waals surface area contributed by atoms with E-state index < -0.39 is 0 Å². The van der Waals surface area contributed by atoms with Crippen molar-refractivity contribution in [3.8, 4) is 0 Å². The molecule has 0 spiro atoms. The largest absolute Gasteiger partial charge is 0.338 e. The number of rotatable bonds is 7. The Kier molecular flexibility index (Phi) is 4.96. The second kappa shape index (κ2) is 6.71. The molecule has 1 atom stereocenters. The van der Waals surface area contributed by atoms with Gasteiger partial charge in [0.1, 0.15) is 5.82 Å². The first-order valence-electron chi connectivity index (χ1n) is 6.51. The Morgan fingerprint density at radius 2 is 2.33 bits per heavy atom. The SMILES string of the molecule is CCCNC(Cc1cccs1)Cc1nccn1C. The second-order valence-electron chi connectivity index (χ2n) is 4.59. The van der Waals surface area contributed by atoms with E-state index in [2.05, 4.69) is 46.4 Å². The average molecular weight is 263 g/mol. The minimum atomic E-state index is 0.477. The Morgan fingerprint density at radius 1 is 1.44 bits per heavy atom. The molecule has 98 valence electrons. The summed E-state index contributed by atoms with van der Waals surface area (Å²) in [5, 5.41) is 5.77. The van der Waals surface area contributed by atoms with Gasteiger partial charge in [-0.2, -0.15) is 0 Å². The summed E-state index contributed by atoms with van der Waals surface area (Å²) in [5.74, 6) is 1.15. The van der Waals surface area contributed by atoms with Crippen LogP contribution in [0.2, 0.25) is 0 Å². The summed E-state index contributed by atoms with van der Waals surface area (Å²) < 4.78 is 2.11. The summed E-state index contributed by atoms with van der Waals surface area (Å²) >= 11 is 1.83. The van der Waals surface area contributed by atoms with Gasteiger partial charge in [0.15, 0.2) is 0 Å². The fourth-order valence-electron chi connectivity index (χ4n) is 2.05. The fraction of sp³-hybridized carbons (Fsp3) is 0.500. The summed E-state index contributed by atoms with van der Waals surface area (Å²) in [7, 11) is 2.06. The Balaban J connectivity index is 1.98. The molecule has 2 rings (SSSR count). The van der Waals surface area contributed by atoms with Gasteiger partial charge < -0.3 is 9.88 Å². The molecular weight excluding hydrogens is 242 g/mol. The zero-order chi connectivity index (χ0) is 12.8. The lowest BCUT2D eigenvalue weighted by atomic mass is 10.1. The van der Waals surface area contributed by atoms with E-state index in [-0.39, 0.29) is 0 Å². The fourth-order valence-corrected chi connectivity index (χ4v) is 2.84. The molecular formula is C14H21N3S. The van der Waals surface area contributed by atoms with Crippen LogP contribution in [-0.4, -0.2) is 22.1 Å². The maximum absolute atomic E-state index is 4.42. The van der Waals surface area contributed by atoms with Gasteiger partial charge in [-0.1, -0.05) is 13.0 Å². The van der Waals surface area contributed by atoms with Crippen LogP contribution in [0.15, 0.2) is 29.9 Å². The van der Waals surface area contributed by atoms with Gasteiger partial charge in [0.25, 0.3) is 0 Å². The van der Waals surface area contributed by atoms with Gasteiger partial charge in [-0.25, -0.2) is 4.98 Å². The van der Waals surface area contributed by atoms with E-state index in [1.54, 1.807) is 0 Å². The number of aryl methyl sites for hydroxylation is 1. The Labute approximate surface area is 113 Å². The maximum atomic E-state index is 4.42. The van der Waals surface area contributed by atoms with Crippen molar-refractivity contribution in [3.05, 3.63) is 40.6 Å². The number of hydrogen-bond acceptors (Lipinski definition) is 3. The molecule has 18 heavy (non-hydrogen) atoms. The van der Waals surface area contributed by atoms with Crippen LogP contribution in [0.5, 0.6) is 0 Å². The number of imidazole rings is 1. The highest BCUT2D eigenvalue weighted by molar-refractivity contribution is 7.09. The molecule has 0 radical (unpaired) electrons. The predicted octanol–water partition coefficient (Wildman–Crippen LogP) is 2.64. The van der Waals surface area contributed by atoms with Crippen molar-refractivity contribution in [1.82, 2.24) is 14.9 Å².